The summed E-state index contributed by atoms with van der Waals surface area (Å²) in [5, 5.41) is 11.8. The standard InChI is InChI=1S/C15H13NO6/c1-3-21-15(18)11-6-10-7-12(16(19)20)4-5-13(10)14(8-11)22-9(2)17/h4-8H,3H2,1-2H3. The van der Waals surface area contributed by atoms with E-state index in [9.17, 15) is 19.7 Å². The van der Waals surface area contributed by atoms with E-state index in [0.29, 0.717) is 10.8 Å². The summed E-state index contributed by atoms with van der Waals surface area (Å²) >= 11 is 0. The van der Waals surface area contributed by atoms with Gasteiger partial charge in [0.1, 0.15) is 5.75 Å². The van der Waals surface area contributed by atoms with Crippen LogP contribution in [0, 0.1) is 10.1 Å². The maximum absolute atomic E-state index is 11.8. The Morgan fingerprint density at radius 1 is 1.23 bits per heavy atom. The van der Waals surface area contributed by atoms with Crippen LogP contribution in [0.5, 0.6) is 5.75 Å². The van der Waals surface area contributed by atoms with E-state index in [2.05, 4.69) is 0 Å². The van der Waals surface area contributed by atoms with Gasteiger partial charge < -0.3 is 9.47 Å². The third-order valence-corrected chi connectivity index (χ3v) is 2.87. The molecule has 0 aliphatic rings. The third kappa shape index (κ3) is 3.20. The minimum absolute atomic E-state index is 0.123. The second-order valence-corrected chi connectivity index (χ2v) is 4.45. The van der Waals surface area contributed by atoms with E-state index >= 15 is 0 Å². The van der Waals surface area contributed by atoms with Crippen molar-refractivity contribution in [2.24, 2.45) is 0 Å². The molecule has 2 aromatic carbocycles. The van der Waals surface area contributed by atoms with Crippen LogP contribution in [0.25, 0.3) is 10.8 Å². The molecule has 0 aromatic heterocycles. The van der Waals surface area contributed by atoms with Gasteiger partial charge in [-0.1, -0.05) is 0 Å². The number of fused-ring (bicyclic) bond motifs is 1. The molecule has 7 heteroatoms. The van der Waals surface area contributed by atoms with Crippen LogP contribution in [0.2, 0.25) is 0 Å². The molecule has 0 radical (unpaired) electrons. The fraction of sp³-hybridized carbons (Fsp3) is 0.200. The molecular weight excluding hydrogens is 290 g/mol. The number of esters is 2. The van der Waals surface area contributed by atoms with Crippen molar-refractivity contribution < 1.29 is 24.0 Å². The van der Waals surface area contributed by atoms with E-state index in [0.717, 1.165) is 0 Å². The lowest BCUT2D eigenvalue weighted by Gasteiger charge is -2.09. The molecule has 0 fully saturated rings. The second kappa shape index (κ2) is 6.21. The van der Waals surface area contributed by atoms with E-state index in [1.165, 1.54) is 37.3 Å². The number of ether oxygens (including phenoxy) is 2. The summed E-state index contributed by atoms with van der Waals surface area (Å²) in [6, 6.07) is 6.94. The molecule has 22 heavy (non-hydrogen) atoms. The first-order valence-corrected chi connectivity index (χ1v) is 6.50. The van der Waals surface area contributed by atoms with Gasteiger partial charge in [-0.2, -0.15) is 0 Å². The monoisotopic (exact) mass is 303 g/mol. The summed E-state index contributed by atoms with van der Waals surface area (Å²) in [5.41, 5.74) is 0.0355. The molecule has 0 amide bonds. The maximum atomic E-state index is 11.8. The third-order valence-electron chi connectivity index (χ3n) is 2.87. The van der Waals surface area contributed by atoms with Gasteiger partial charge >= 0.3 is 11.9 Å². The van der Waals surface area contributed by atoms with Gasteiger partial charge in [-0.3, -0.25) is 14.9 Å². The number of rotatable bonds is 4. The topological polar surface area (TPSA) is 95.7 Å². The predicted octanol–water partition coefficient (Wildman–Crippen LogP) is 2.85. The number of hydrogen-bond acceptors (Lipinski definition) is 6. The SMILES string of the molecule is CCOC(=O)c1cc(OC(C)=O)c2ccc([N+](=O)[O-])cc2c1. The number of hydrogen-bond donors (Lipinski definition) is 0. The van der Waals surface area contributed by atoms with E-state index in [4.69, 9.17) is 9.47 Å². The summed E-state index contributed by atoms with van der Waals surface area (Å²) in [6.45, 7) is 3.08. The Hall–Kier alpha value is -2.96. The molecule has 0 spiro atoms. The molecule has 0 unspecified atom stereocenters. The summed E-state index contributed by atoms with van der Waals surface area (Å²) in [4.78, 5) is 33.4. The van der Waals surface area contributed by atoms with Gasteiger partial charge in [0, 0.05) is 24.4 Å². The van der Waals surface area contributed by atoms with Gasteiger partial charge in [-0.25, -0.2) is 4.79 Å². The van der Waals surface area contributed by atoms with Crippen LogP contribution in [0.1, 0.15) is 24.2 Å². The van der Waals surface area contributed by atoms with Crippen LogP contribution in [0.4, 0.5) is 5.69 Å². The number of nitro groups is 1. The van der Waals surface area contributed by atoms with Crippen LogP contribution < -0.4 is 4.74 Å². The van der Waals surface area contributed by atoms with Gasteiger partial charge in [-0.05, 0) is 30.5 Å². The molecule has 114 valence electrons. The molecule has 0 saturated heterocycles. The Morgan fingerprint density at radius 3 is 2.55 bits per heavy atom. The highest BCUT2D eigenvalue weighted by Gasteiger charge is 2.15. The molecule has 0 atom stereocenters. The number of nitrogens with zero attached hydrogens (tertiary/aromatic N) is 1. The van der Waals surface area contributed by atoms with Crippen LogP contribution >= 0.6 is 0 Å². The Kier molecular flexibility index (Phi) is 4.36. The molecule has 2 rings (SSSR count). The lowest BCUT2D eigenvalue weighted by molar-refractivity contribution is -0.384. The molecule has 0 aliphatic heterocycles. The zero-order valence-electron chi connectivity index (χ0n) is 12.0. The Bertz CT molecular complexity index is 768. The second-order valence-electron chi connectivity index (χ2n) is 4.45. The first-order valence-electron chi connectivity index (χ1n) is 6.50. The van der Waals surface area contributed by atoms with Gasteiger partial charge in [-0.15, -0.1) is 0 Å². The Labute approximate surface area is 125 Å². The number of carbonyl (C=O) groups is 2. The quantitative estimate of drug-likeness (QED) is 0.373. The molecule has 7 nitrogen and oxygen atoms in total. The summed E-state index contributed by atoms with van der Waals surface area (Å²) in [7, 11) is 0. The van der Waals surface area contributed by atoms with Crippen molar-refractivity contribution in [1.29, 1.82) is 0 Å². The normalized spacial score (nSPS) is 10.3. The van der Waals surface area contributed by atoms with Crippen LogP contribution in [-0.2, 0) is 9.53 Å². The molecule has 0 bridgehead atoms. The van der Waals surface area contributed by atoms with Crippen molar-refractivity contribution in [2.75, 3.05) is 6.61 Å². The number of carbonyl (C=O) groups excluding carboxylic acids is 2. The average molecular weight is 303 g/mol. The van der Waals surface area contributed by atoms with Crippen molar-refractivity contribution >= 4 is 28.4 Å². The first-order chi connectivity index (χ1) is 10.4. The molecule has 0 saturated carbocycles. The fourth-order valence-corrected chi connectivity index (χ4v) is 2.01. The maximum Gasteiger partial charge on any atom is 0.338 e. The highest BCUT2D eigenvalue weighted by atomic mass is 16.6. The van der Waals surface area contributed by atoms with Gasteiger partial charge in [0.15, 0.2) is 0 Å². The Balaban J connectivity index is 2.65. The minimum Gasteiger partial charge on any atom is -0.462 e. The summed E-state index contributed by atoms with van der Waals surface area (Å²) in [6.07, 6.45) is 0. The van der Waals surface area contributed by atoms with Crippen molar-refractivity contribution in [1.82, 2.24) is 0 Å². The zero-order chi connectivity index (χ0) is 16.3. The van der Waals surface area contributed by atoms with Gasteiger partial charge in [0.25, 0.3) is 5.69 Å². The number of benzene rings is 2. The van der Waals surface area contributed by atoms with E-state index in [-0.39, 0.29) is 23.6 Å². The highest BCUT2D eigenvalue weighted by Crippen LogP contribution is 2.31. The number of non-ortho nitro benzene ring substituents is 1. The van der Waals surface area contributed by atoms with Crippen molar-refractivity contribution in [2.45, 2.75) is 13.8 Å². The van der Waals surface area contributed by atoms with Crippen LogP contribution in [0.3, 0.4) is 0 Å². The Morgan fingerprint density at radius 2 is 1.95 bits per heavy atom. The summed E-state index contributed by atoms with van der Waals surface area (Å²) in [5.74, 6) is -0.993. The van der Waals surface area contributed by atoms with E-state index in [1.807, 2.05) is 0 Å². The van der Waals surface area contributed by atoms with Gasteiger partial charge in [0.2, 0.25) is 0 Å². The molecule has 0 N–H and O–H groups in total. The lowest BCUT2D eigenvalue weighted by Crippen LogP contribution is -2.07. The number of nitro benzene ring substituents is 1. The van der Waals surface area contributed by atoms with Gasteiger partial charge in [0.05, 0.1) is 17.1 Å². The molecular formula is C15H13NO6. The molecule has 0 heterocycles. The average Bonchev–Trinajstić information content (AvgIpc) is 2.46. The zero-order valence-corrected chi connectivity index (χ0v) is 12.0. The smallest absolute Gasteiger partial charge is 0.338 e. The predicted molar refractivity (Wildman–Crippen MR) is 77.9 cm³/mol. The fourth-order valence-electron chi connectivity index (χ4n) is 2.01. The largest absolute Gasteiger partial charge is 0.462 e. The van der Waals surface area contributed by atoms with E-state index in [1.54, 1.807) is 6.92 Å². The molecule has 2 aromatic rings. The summed E-state index contributed by atoms with van der Waals surface area (Å²) < 4.78 is 9.98. The van der Waals surface area contributed by atoms with Crippen molar-refractivity contribution in [3.05, 3.63) is 46.0 Å². The molecule has 0 aliphatic carbocycles. The first kappa shape index (κ1) is 15.4. The van der Waals surface area contributed by atoms with Crippen molar-refractivity contribution in [3.8, 4) is 5.75 Å². The highest BCUT2D eigenvalue weighted by molar-refractivity contribution is 5.99. The van der Waals surface area contributed by atoms with Crippen LogP contribution in [0.15, 0.2) is 30.3 Å². The van der Waals surface area contributed by atoms with Crippen LogP contribution in [-0.4, -0.2) is 23.5 Å². The minimum atomic E-state index is -0.593. The lowest BCUT2D eigenvalue weighted by atomic mass is 10.0. The van der Waals surface area contributed by atoms with E-state index < -0.39 is 16.9 Å². The van der Waals surface area contributed by atoms with Crippen molar-refractivity contribution in [3.63, 3.8) is 0 Å².